The van der Waals surface area contributed by atoms with E-state index in [9.17, 15) is 24.3 Å². The lowest BCUT2D eigenvalue weighted by atomic mass is 9.86. The van der Waals surface area contributed by atoms with E-state index < -0.39 is 40.8 Å². The molecule has 0 spiro atoms. The van der Waals surface area contributed by atoms with Crippen molar-refractivity contribution in [2.75, 3.05) is 19.8 Å². The Kier molecular flexibility index (Phi) is 12.4. The van der Waals surface area contributed by atoms with Gasteiger partial charge in [-0.2, -0.15) is 0 Å². The molecular weight excluding hydrogens is 512 g/mol. The van der Waals surface area contributed by atoms with Crippen LogP contribution in [0.3, 0.4) is 0 Å². The molecule has 1 aliphatic heterocycles. The highest BCUT2D eigenvalue weighted by Crippen LogP contribution is 2.24. The molecule has 0 aliphatic carbocycles. The number of ether oxygens (including phenoxy) is 2. The lowest BCUT2D eigenvalue weighted by Crippen LogP contribution is -2.50. The van der Waals surface area contributed by atoms with Crippen LogP contribution in [0.1, 0.15) is 72.8 Å². The number of esters is 2. The van der Waals surface area contributed by atoms with Crippen LogP contribution in [-0.2, 0) is 35.2 Å². The van der Waals surface area contributed by atoms with Crippen molar-refractivity contribution in [2.45, 2.75) is 85.4 Å². The van der Waals surface area contributed by atoms with Gasteiger partial charge in [0.25, 0.3) is 0 Å². The molecule has 40 heavy (non-hydrogen) atoms. The molecule has 2 amide bonds. The zero-order valence-electron chi connectivity index (χ0n) is 24.8. The normalized spacial score (nSPS) is 21.7. The maximum atomic E-state index is 13.4. The van der Waals surface area contributed by atoms with Gasteiger partial charge < -0.3 is 24.8 Å². The second-order valence-corrected chi connectivity index (χ2v) is 12.4. The summed E-state index contributed by atoms with van der Waals surface area (Å²) < 4.78 is 11.0. The molecule has 1 aromatic rings. The van der Waals surface area contributed by atoms with Crippen molar-refractivity contribution in [3.05, 3.63) is 48.0 Å². The summed E-state index contributed by atoms with van der Waals surface area (Å²) in [4.78, 5) is 53.7. The Hall–Kier alpha value is -3.20. The number of carbonyl (C=O) groups excluding carboxylic acids is 4. The average Bonchev–Trinajstić information content (AvgIpc) is 2.85. The minimum Gasteiger partial charge on any atom is -0.463 e. The fraction of sp³-hybridized carbons (Fsp3) is 0.613. The van der Waals surface area contributed by atoms with Crippen molar-refractivity contribution >= 4 is 23.8 Å². The third-order valence-corrected chi connectivity index (χ3v) is 6.66. The second kappa shape index (κ2) is 15.0. The third kappa shape index (κ3) is 11.5. The van der Waals surface area contributed by atoms with Crippen molar-refractivity contribution in [3.63, 3.8) is 0 Å². The van der Waals surface area contributed by atoms with Gasteiger partial charge in [-0.1, -0.05) is 63.3 Å². The Morgan fingerprint density at radius 2 is 1.62 bits per heavy atom. The topological polar surface area (TPSA) is 122 Å². The van der Waals surface area contributed by atoms with Gasteiger partial charge in [0.2, 0.25) is 11.8 Å². The van der Waals surface area contributed by atoms with E-state index in [4.69, 9.17) is 9.47 Å². The second-order valence-electron chi connectivity index (χ2n) is 12.4. The predicted octanol–water partition coefficient (Wildman–Crippen LogP) is 3.79. The minimum atomic E-state index is -0.729. The van der Waals surface area contributed by atoms with E-state index in [1.54, 1.807) is 37.8 Å². The monoisotopic (exact) mass is 558 g/mol. The van der Waals surface area contributed by atoms with Gasteiger partial charge in [-0.25, -0.2) is 0 Å². The van der Waals surface area contributed by atoms with Gasteiger partial charge in [0.05, 0.1) is 30.9 Å². The zero-order chi connectivity index (χ0) is 29.9. The van der Waals surface area contributed by atoms with Crippen LogP contribution in [0.5, 0.6) is 0 Å². The van der Waals surface area contributed by atoms with Crippen LogP contribution in [0.4, 0.5) is 0 Å². The van der Waals surface area contributed by atoms with Crippen molar-refractivity contribution in [1.82, 2.24) is 10.2 Å². The first-order chi connectivity index (χ1) is 18.7. The quantitative estimate of drug-likeness (QED) is 0.368. The van der Waals surface area contributed by atoms with Crippen molar-refractivity contribution in [1.29, 1.82) is 0 Å². The highest BCUT2D eigenvalue weighted by molar-refractivity contribution is 5.86. The zero-order valence-corrected chi connectivity index (χ0v) is 24.8. The smallest absolute Gasteiger partial charge is 0.309 e. The van der Waals surface area contributed by atoms with Gasteiger partial charge in [0.15, 0.2) is 0 Å². The van der Waals surface area contributed by atoms with Gasteiger partial charge in [-0.3, -0.25) is 19.2 Å². The fourth-order valence-electron chi connectivity index (χ4n) is 4.29. The first-order valence-corrected chi connectivity index (χ1v) is 14.0. The summed E-state index contributed by atoms with van der Waals surface area (Å²) in [6.45, 7) is 11.3. The maximum absolute atomic E-state index is 13.4. The summed E-state index contributed by atoms with van der Waals surface area (Å²) >= 11 is 0. The SMILES string of the molecule is CC(C)(C)OC(=O)C[C@@H]1C/C=C\C[C@@H](CC(=O)N(CCO)Cc2ccccc2)C(=O)N[C@H](C(C)(C)C)COC1=O. The number of hydrogen-bond donors (Lipinski definition) is 2. The number of allylic oxidation sites excluding steroid dienone is 2. The number of aliphatic hydroxyl groups excluding tert-OH is 1. The highest BCUT2D eigenvalue weighted by Gasteiger charge is 2.33. The molecule has 0 aromatic heterocycles. The van der Waals surface area contributed by atoms with E-state index in [-0.39, 0.29) is 57.3 Å². The van der Waals surface area contributed by atoms with Crippen LogP contribution in [0.25, 0.3) is 0 Å². The maximum Gasteiger partial charge on any atom is 0.309 e. The lowest BCUT2D eigenvalue weighted by Gasteiger charge is -2.33. The Morgan fingerprint density at radius 3 is 2.20 bits per heavy atom. The van der Waals surface area contributed by atoms with E-state index in [0.717, 1.165) is 5.56 Å². The van der Waals surface area contributed by atoms with Crippen LogP contribution in [0, 0.1) is 17.3 Å². The molecule has 1 aliphatic rings. The van der Waals surface area contributed by atoms with Gasteiger partial charge in [-0.15, -0.1) is 0 Å². The lowest BCUT2D eigenvalue weighted by molar-refractivity contribution is -0.162. The molecule has 222 valence electrons. The van der Waals surface area contributed by atoms with Crippen LogP contribution >= 0.6 is 0 Å². The standard InChI is InChI=1S/C31H46N2O7/c1-30(2,3)25-21-39-29(38)24(19-27(36)40-31(4,5)6)15-11-10-14-23(28(37)32-25)18-26(35)33(16-17-34)20-22-12-8-7-9-13-22/h7-13,23-25,34H,14-21H2,1-6H3,(H,32,37)/b11-10-/t23-,24-,25-/m0/s1. The molecule has 0 saturated carbocycles. The molecule has 0 radical (unpaired) electrons. The van der Waals surface area contributed by atoms with Crippen molar-refractivity contribution < 1.29 is 33.8 Å². The first kappa shape index (κ1) is 33.0. The Morgan fingerprint density at radius 1 is 1.00 bits per heavy atom. The van der Waals surface area contributed by atoms with Crippen molar-refractivity contribution in [2.24, 2.45) is 17.3 Å². The van der Waals surface area contributed by atoms with Crippen LogP contribution < -0.4 is 5.32 Å². The minimum absolute atomic E-state index is 0.0407. The van der Waals surface area contributed by atoms with Gasteiger partial charge in [0, 0.05) is 19.5 Å². The summed E-state index contributed by atoms with van der Waals surface area (Å²) in [6, 6.07) is 8.97. The summed E-state index contributed by atoms with van der Waals surface area (Å²) in [7, 11) is 0. The Labute approximate surface area is 238 Å². The number of nitrogens with zero attached hydrogens (tertiary/aromatic N) is 1. The number of benzene rings is 1. The molecular formula is C31H46N2O7. The Balaban J connectivity index is 2.25. The van der Waals surface area contributed by atoms with E-state index in [1.165, 1.54) is 0 Å². The number of rotatable bonds is 8. The summed E-state index contributed by atoms with van der Waals surface area (Å²) in [5.74, 6) is -2.94. The summed E-state index contributed by atoms with van der Waals surface area (Å²) in [5.41, 5.74) is -0.187. The third-order valence-electron chi connectivity index (χ3n) is 6.66. The molecule has 0 unspecified atom stereocenters. The number of cyclic esters (lactones) is 1. The fourth-order valence-corrected chi connectivity index (χ4v) is 4.29. The van der Waals surface area contributed by atoms with E-state index >= 15 is 0 Å². The molecule has 9 nitrogen and oxygen atoms in total. The van der Waals surface area contributed by atoms with Crippen LogP contribution in [0.15, 0.2) is 42.5 Å². The first-order valence-electron chi connectivity index (χ1n) is 14.0. The summed E-state index contributed by atoms with van der Waals surface area (Å²) in [6.07, 6.45) is 3.88. The highest BCUT2D eigenvalue weighted by atomic mass is 16.6. The van der Waals surface area contributed by atoms with E-state index in [0.29, 0.717) is 6.54 Å². The molecule has 3 atom stereocenters. The molecule has 0 saturated heterocycles. The number of carbonyl (C=O) groups is 4. The summed E-state index contributed by atoms with van der Waals surface area (Å²) in [5, 5.41) is 12.6. The van der Waals surface area contributed by atoms with Gasteiger partial charge >= 0.3 is 11.9 Å². The molecule has 0 bridgehead atoms. The van der Waals surface area contributed by atoms with Gasteiger partial charge in [0.1, 0.15) is 12.2 Å². The van der Waals surface area contributed by atoms with Gasteiger partial charge in [-0.05, 0) is 44.6 Å². The predicted molar refractivity (Wildman–Crippen MR) is 152 cm³/mol. The molecule has 9 heteroatoms. The van der Waals surface area contributed by atoms with Crippen LogP contribution in [0.2, 0.25) is 0 Å². The van der Waals surface area contributed by atoms with Crippen molar-refractivity contribution in [3.8, 4) is 0 Å². The van der Waals surface area contributed by atoms with Crippen LogP contribution in [-0.4, -0.2) is 65.2 Å². The largest absolute Gasteiger partial charge is 0.463 e. The molecule has 0 fully saturated rings. The number of amides is 2. The average molecular weight is 559 g/mol. The molecule has 1 heterocycles. The molecule has 1 aromatic carbocycles. The molecule has 2 rings (SSSR count). The number of hydrogen-bond acceptors (Lipinski definition) is 7. The Bertz CT molecular complexity index is 1020. The molecule has 2 N–H and O–H groups in total. The number of aliphatic hydroxyl groups is 1. The number of nitrogens with one attached hydrogen (secondary N) is 1. The van der Waals surface area contributed by atoms with E-state index in [2.05, 4.69) is 5.32 Å². The van der Waals surface area contributed by atoms with E-state index in [1.807, 2.05) is 51.1 Å².